The van der Waals surface area contributed by atoms with E-state index in [1.165, 1.54) is 78.3 Å². The summed E-state index contributed by atoms with van der Waals surface area (Å²) in [5.74, 6) is 4.92. The Hall–Kier alpha value is -2.87. The summed E-state index contributed by atoms with van der Waals surface area (Å²) in [7, 11) is 0. The molecule has 46 heavy (non-hydrogen) atoms. The zero-order valence-electron chi connectivity index (χ0n) is 28.9. The Bertz CT molecular complexity index is 1780. The van der Waals surface area contributed by atoms with E-state index in [0.717, 1.165) is 60.2 Å². The number of hydrogen-bond acceptors (Lipinski definition) is 2. The average Bonchev–Trinajstić information content (AvgIpc) is 3.41. The van der Waals surface area contributed by atoms with Crippen LogP contribution in [0.4, 0.5) is 0 Å². The lowest BCUT2D eigenvalue weighted by molar-refractivity contribution is -0.0594. The van der Waals surface area contributed by atoms with Crippen molar-refractivity contribution in [3.05, 3.63) is 71.8 Å². The lowest BCUT2D eigenvalue weighted by Crippen LogP contribution is -2.51. The third-order valence-electron chi connectivity index (χ3n) is 14.3. The lowest BCUT2D eigenvalue weighted by atomic mass is 9.47. The molecule has 4 aromatic rings. The quantitative estimate of drug-likeness (QED) is 0.118. The molecule has 8 atom stereocenters. The molecular weight excluding hydrogens is 560 g/mol. The highest BCUT2D eigenvalue weighted by atomic mass is 16.5. The topological polar surface area (TPSA) is 26.3 Å². The number of benzene rings is 4. The minimum absolute atomic E-state index is 0.0293. The first-order valence-corrected chi connectivity index (χ1v) is 18.7. The van der Waals surface area contributed by atoms with Crippen LogP contribution in [0.15, 0.2) is 66.2 Å². The number of carbonyl (C=O) groups excluding carboxylic acids is 1. The van der Waals surface area contributed by atoms with Gasteiger partial charge in [-0.2, -0.15) is 0 Å². The molecule has 3 fully saturated rings. The van der Waals surface area contributed by atoms with E-state index in [4.69, 9.17) is 4.74 Å². The highest BCUT2D eigenvalue weighted by Crippen LogP contribution is 2.67. The Morgan fingerprint density at radius 3 is 2.35 bits per heavy atom. The summed E-state index contributed by atoms with van der Waals surface area (Å²) in [5.41, 5.74) is 3.08. The summed E-state index contributed by atoms with van der Waals surface area (Å²) < 4.78 is 6.39. The summed E-state index contributed by atoms with van der Waals surface area (Å²) in [6.45, 7) is 12.6. The fourth-order valence-electron chi connectivity index (χ4n) is 11.9. The molecule has 0 aliphatic heterocycles. The highest BCUT2D eigenvalue weighted by molar-refractivity contribution is 6.25. The van der Waals surface area contributed by atoms with Crippen LogP contribution >= 0.6 is 0 Å². The molecule has 8 rings (SSSR count). The van der Waals surface area contributed by atoms with E-state index in [0.29, 0.717) is 11.0 Å². The van der Waals surface area contributed by atoms with E-state index in [9.17, 15) is 4.79 Å². The smallest absolute Gasteiger partial charge is 0.339 e. The number of carbonyl (C=O) groups is 1. The average molecular weight is 615 g/mol. The van der Waals surface area contributed by atoms with Gasteiger partial charge in [0, 0.05) is 6.42 Å². The van der Waals surface area contributed by atoms with Crippen molar-refractivity contribution in [1.82, 2.24) is 0 Å². The van der Waals surface area contributed by atoms with Crippen LogP contribution in [0.3, 0.4) is 0 Å². The maximum atomic E-state index is 13.8. The van der Waals surface area contributed by atoms with Crippen molar-refractivity contribution >= 4 is 38.3 Å². The molecule has 0 N–H and O–H groups in total. The fourth-order valence-corrected chi connectivity index (χ4v) is 11.9. The van der Waals surface area contributed by atoms with E-state index in [1.807, 2.05) is 6.07 Å². The summed E-state index contributed by atoms with van der Waals surface area (Å²) >= 11 is 0. The summed E-state index contributed by atoms with van der Waals surface area (Å²) in [4.78, 5) is 13.8. The van der Waals surface area contributed by atoms with Crippen LogP contribution in [-0.2, 0) is 4.74 Å². The van der Waals surface area contributed by atoms with Crippen LogP contribution in [-0.4, -0.2) is 12.1 Å². The molecule has 242 valence electrons. The number of ether oxygens (including phenoxy) is 1. The Kier molecular flexibility index (Phi) is 7.54. The fraction of sp³-hybridized carbons (Fsp3) is 0.568. The predicted molar refractivity (Wildman–Crippen MR) is 192 cm³/mol. The molecule has 2 nitrogen and oxygen atoms in total. The third kappa shape index (κ3) is 4.75. The van der Waals surface area contributed by atoms with Gasteiger partial charge in [0.2, 0.25) is 0 Å². The minimum atomic E-state index is -0.159. The van der Waals surface area contributed by atoms with Crippen molar-refractivity contribution in [2.75, 3.05) is 0 Å². The largest absolute Gasteiger partial charge is 0.458 e. The zero-order chi connectivity index (χ0) is 31.8. The van der Waals surface area contributed by atoms with E-state index >= 15 is 0 Å². The maximum Gasteiger partial charge on any atom is 0.339 e. The molecule has 0 spiro atoms. The second-order valence-corrected chi connectivity index (χ2v) is 17.0. The third-order valence-corrected chi connectivity index (χ3v) is 14.3. The van der Waals surface area contributed by atoms with Crippen LogP contribution in [0.25, 0.3) is 32.3 Å². The molecule has 0 amide bonds. The molecule has 0 aromatic heterocycles. The van der Waals surface area contributed by atoms with E-state index in [-0.39, 0.29) is 17.5 Å². The van der Waals surface area contributed by atoms with Crippen LogP contribution in [0.1, 0.15) is 116 Å². The molecule has 8 unspecified atom stereocenters. The first-order chi connectivity index (χ1) is 22.2. The minimum Gasteiger partial charge on any atom is -0.458 e. The van der Waals surface area contributed by atoms with Gasteiger partial charge in [-0.15, -0.1) is 0 Å². The Morgan fingerprint density at radius 1 is 0.826 bits per heavy atom. The van der Waals surface area contributed by atoms with Gasteiger partial charge in [0.05, 0.1) is 5.56 Å². The molecule has 0 bridgehead atoms. The summed E-state index contributed by atoms with van der Waals surface area (Å²) in [6.07, 6.45) is 16.7. The van der Waals surface area contributed by atoms with Gasteiger partial charge in [0.1, 0.15) is 6.10 Å². The predicted octanol–water partition coefficient (Wildman–Crippen LogP) is 12.2. The standard InChI is InChI=1S/C44H54O2/c1-27(2)8-6-9-28(3)37-20-21-38-36-19-16-32-26-33(22-24-43(32,4)39(36)23-25-44(37,38)5)46-42(45)35-18-15-31-13-12-29-10-7-11-30-14-17-34(35)41(31)40(29)30/h7,10-18,27-28,33,36-39H,6,8-9,19-26H2,1-5H3. The molecule has 0 saturated heterocycles. The molecule has 4 aliphatic carbocycles. The Balaban J connectivity index is 0.985. The van der Waals surface area contributed by atoms with Crippen LogP contribution < -0.4 is 0 Å². The Labute approximate surface area is 276 Å². The van der Waals surface area contributed by atoms with Gasteiger partial charge in [0.25, 0.3) is 0 Å². The molecule has 0 heterocycles. The second kappa shape index (κ2) is 11.4. The molecule has 0 radical (unpaired) electrons. The first-order valence-electron chi connectivity index (χ1n) is 18.7. The van der Waals surface area contributed by atoms with Crippen molar-refractivity contribution in [2.45, 2.75) is 111 Å². The lowest BCUT2D eigenvalue weighted by Gasteiger charge is -2.58. The van der Waals surface area contributed by atoms with E-state index in [2.05, 4.69) is 89.2 Å². The van der Waals surface area contributed by atoms with Crippen LogP contribution in [0.2, 0.25) is 0 Å². The molecular formula is C44H54O2. The molecule has 4 aromatic carbocycles. The van der Waals surface area contributed by atoms with Gasteiger partial charge in [-0.3, -0.25) is 0 Å². The van der Waals surface area contributed by atoms with E-state index in [1.54, 1.807) is 5.57 Å². The van der Waals surface area contributed by atoms with Crippen molar-refractivity contribution in [3.8, 4) is 0 Å². The van der Waals surface area contributed by atoms with Gasteiger partial charge >= 0.3 is 5.97 Å². The van der Waals surface area contributed by atoms with Crippen molar-refractivity contribution in [2.24, 2.45) is 46.3 Å². The number of fused-ring (bicyclic) bond motifs is 5. The maximum absolute atomic E-state index is 13.8. The van der Waals surface area contributed by atoms with Crippen LogP contribution in [0, 0.1) is 46.3 Å². The second-order valence-electron chi connectivity index (χ2n) is 17.0. The van der Waals surface area contributed by atoms with Gasteiger partial charge in [-0.05, 0) is 130 Å². The first kappa shape index (κ1) is 30.5. The highest BCUT2D eigenvalue weighted by Gasteiger charge is 2.59. The van der Waals surface area contributed by atoms with Gasteiger partial charge in [-0.25, -0.2) is 4.79 Å². The summed E-state index contributed by atoms with van der Waals surface area (Å²) in [6, 6.07) is 19.2. The van der Waals surface area contributed by atoms with Crippen molar-refractivity contribution in [1.29, 1.82) is 0 Å². The number of allylic oxidation sites excluding steroid dienone is 1. The number of rotatable bonds is 7. The van der Waals surface area contributed by atoms with Crippen molar-refractivity contribution < 1.29 is 9.53 Å². The van der Waals surface area contributed by atoms with Crippen molar-refractivity contribution in [3.63, 3.8) is 0 Å². The molecule has 4 aliphatic rings. The van der Waals surface area contributed by atoms with Gasteiger partial charge in [0.15, 0.2) is 0 Å². The van der Waals surface area contributed by atoms with Gasteiger partial charge in [-0.1, -0.05) is 114 Å². The molecule has 2 heteroatoms. The van der Waals surface area contributed by atoms with E-state index < -0.39 is 0 Å². The Morgan fingerprint density at radius 2 is 1.57 bits per heavy atom. The number of hydrogen-bond donors (Lipinski definition) is 0. The van der Waals surface area contributed by atoms with Crippen LogP contribution in [0.5, 0.6) is 0 Å². The normalized spacial score (nSPS) is 33.2. The summed E-state index contributed by atoms with van der Waals surface area (Å²) in [5, 5.41) is 7.08. The SMILES string of the molecule is CC(C)CCCC(C)C1CCC2C3CC=C4CC(OC(=O)c5ccc6ccc7cccc8ccc5c6c78)CCC4(C)C3CCC12C. The monoisotopic (exact) mass is 614 g/mol. The zero-order valence-corrected chi connectivity index (χ0v) is 28.9. The molecule has 3 saturated carbocycles. The van der Waals surface area contributed by atoms with Gasteiger partial charge < -0.3 is 4.74 Å². The number of esters is 1.